The average Bonchev–Trinajstić information content (AvgIpc) is 2.73. The van der Waals surface area contributed by atoms with Crippen LogP contribution in [0.3, 0.4) is 0 Å². The summed E-state index contributed by atoms with van der Waals surface area (Å²) in [5.41, 5.74) is 3.56. The fraction of sp³-hybridized carbons (Fsp3) is 0.429. The first-order valence-corrected chi connectivity index (χ1v) is 9.53. The van der Waals surface area contributed by atoms with Crippen molar-refractivity contribution >= 4 is 11.7 Å². The van der Waals surface area contributed by atoms with Crippen molar-refractivity contribution in [1.29, 1.82) is 5.26 Å². The Hall–Kier alpha value is -2.94. The predicted molar refractivity (Wildman–Crippen MR) is 104 cm³/mol. The lowest BCUT2D eigenvalue weighted by Crippen LogP contribution is -2.49. The zero-order valence-electron chi connectivity index (χ0n) is 16.0. The maximum atomic E-state index is 12.5. The molecule has 6 heteroatoms. The molecule has 0 atom stereocenters. The summed E-state index contributed by atoms with van der Waals surface area (Å²) in [6.07, 6.45) is 1.96. The van der Waals surface area contributed by atoms with Crippen LogP contribution in [0.5, 0.6) is 0 Å². The normalized spacial score (nSPS) is 14.1. The molecule has 1 amide bonds. The minimum absolute atomic E-state index is 0.142. The Balaban J connectivity index is 1.69. The second-order valence-electron chi connectivity index (χ2n) is 6.67. The third kappa shape index (κ3) is 4.08. The predicted octanol–water partition coefficient (Wildman–Crippen LogP) is 2.36. The average molecular weight is 363 g/mol. The van der Waals surface area contributed by atoms with Gasteiger partial charge in [-0.2, -0.15) is 10.4 Å². The van der Waals surface area contributed by atoms with Gasteiger partial charge in [0.1, 0.15) is 11.6 Å². The molecule has 2 aromatic rings. The van der Waals surface area contributed by atoms with Crippen LogP contribution < -0.4 is 4.90 Å². The molecular formula is C21H25N5O. The van der Waals surface area contributed by atoms with Crippen LogP contribution in [0.4, 0.5) is 5.82 Å². The minimum Gasteiger partial charge on any atom is -0.350 e. The number of carbonyl (C=O) groups excluding carboxylic acids is 1. The molecule has 1 aliphatic heterocycles. The van der Waals surface area contributed by atoms with E-state index in [0.29, 0.717) is 44.0 Å². The van der Waals surface area contributed by atoms with Crippen molar-refractivity contribution in [1.82, 2.24) is 15.1 Å². The van der Waals surface area contributed by atoms with E-state index < -0.39 is 0 Å². The van der Waals surface area contributed by atoms with Crippen LogP contribution in [0.2, 0.25) is 0 Å². The number of benzene rings is 1. The molecule has 1 aliphatic rings. The van der Waals surface area contributed by atoms with Gasteiger partial charge in [0.25, 0.3) is 0 Å². The van der Waals surface area contributed by atoms with Gasteiger partial charge in [0, 0.05) is 26.2 Å². The van der Waals surface area contributed by atoms with E-state index in [9.17, 15) is 10.1 Å². The Kier molecular flexibility index (Phi) is 6.02. The lowest BCUT2D eigenvalue weighted by Gasteiger charge is -2.35. The summed E-state index contributed by atoms with van der Waals surface area (Å²) in [6, 6.07) is 12.1. The number of piperazine rings is 1. The largest absolute Gasteiger partial charge is 0.350 e. The fourth-order valence-corrected chi connectivity index (χ4v) is 3.55. The molecule has 2 heterocycles. The van der Waals surface area contributed by atoms with Crippen molar-refractivity contribution in [2.45, 2.75) is 33.1 Å². The zero-order valence-corrected chi connectivity index (χ0v) is 16.0. The SMILES string of the molecule is CCc1nnc(N2CCN(C(=O)Cc3ccccc3)CC2)c(C#N)c1CC. The Bertz CT molecular complexity index is 836. The molecule has 1 fully saturated rings. The van der Waals surface area contributed by atoms with Gasteiger partial charge in [0.2, 0.25) is 5.91 Å². The second-order valence-corrected chi connectivity index (χ2v) is 6.67. The molecule has 1 aromatic carbocycles. The van der Waals surface area contributed by atoms with Gasteiger partial charge < -0.3 is 9.80 Å². The third-order valence-corrected chi connectivity index (χ3v) is 5.07. The third-order valence-electron chi connectivity index (χ3n) is 5.07. The first-order valence-electron chi connectivity index (χ1n) is 9.53. The van der Waals surface area contributed by atoms with E-state index in [1.807, 2.05) is 49.1 Å². The van der Waals surface area contributed by atoms with Crippen LogP contribution in [-0.4, -0.2) is 47.2 Å². The molecular weight excluding hydrogens is 338 g/mol. The van der Waals surface area contributed by atoms with Gasteiger partial charge in [0.15, 0.2) is 5.82 Å². The van der Waals surface area contributed by atoms with E-state index >= 15 is 0 Å². The van der Waals surface area contributed by atoms with Crippen LogP contribution in [0, 0.1) is 11.3 Å². The van der Waals surface area contributed by atoms with Crippen LogP contribution >= 0.6 is 0 Å². The molecule has 0 bridgehead atoms. The summed E-state index contributed by atoms with van der Waals surface area (Å²) in [7, 11) is 0. The van der Waals surface area contributed by atoms with Gasteiger partial charge in [0.05, 0.1) is 12.1 Å². The first-order chi connectivity index (χ1) is 13.2. The molecule has 0 saturated carbocycles. The number of nitriles is 1. The topological polar surface area (TPSA) is 73.1 Å². The lowest BCUT2D eigenvalue weighted by atomic mass is 10.0. The van der Waals surface area contributed by atoms with Crippen LogP contribution in [0.1, 0.15) is 36.2 Å². The van der Waals surface area contributed by atoms with Gasteiger partial charge in [-0.05, 0) is 24.0 Å². The Morgan fingerprint density at radius 2 is 1.78 bits per heavy atom. The number of amides is 1. The number of carbonyl (C=O) groups is 1. The Labute approximate surface area is 160 Å². The van der Waals surface area contributed by atoms with Crippen molar-refractivity contribution in [3.63, 3.8) is 0 Å². The molecule has 27 heavy (non-hydrogen) atoms. The number of rotatable bonds is 5. The molecule has 0 spiro atoms. The van der Waals surface area contributed by atoms with Crippen LogP contribution in [0.15, 0.2) is 30.3 Å². The fourth-order valence-electron chi connectivity index (χ4n) is 3.55. The molecule has 1 aromatic heterocycles. The highest BCUT2D eigenvalue weighted by Crippen LogP contribution is 2.24. The van der Waals surface area contributed by atoms with E-state index in [1.54, 1.807) is 0 Å². The van der Waals surface area contributed by atoms with Gasteiger partial charge in [-0.25, -0.2) is 0 Å². The molecule has 0 radical (unpaired) electrons. The van der Waals surface area contributed by atoms with Crippen molar-refractivity contribution in [2.75, 3.05) is 31.1 Å². The molecule has 6 nitrogen and oxygen atoms in total. The zero-order chi connectivity index (χ0) is 19.2. The maximum absolute atomic E-state index is 12.5. The summed E-state index contributed by atoms with van der Waals surface area (Å²) in [5, 5.41) is 18.4. The van der Waals surface area contributed by atoms with Gasteiger partial charge in [-0.3, -0.25) is 4.79 Å². The molecule has 0 aliphatic carbocycles. The highest BCUT2D eigenvalue weighted by atomic mass is 16.2. The van der Waals surface area contributed by atoms with E-state index in [1.165, 1.54) is 0 Å². The van der Waals surface area contributed by atoms with Crippen molar-refractivity contribution in [2.24, 2.45) is 0 Å². The van der Waals surface area contributed by atoms with E-state index in [4.69, 9.17) is 0 Å². The number of hydrogen-bond donors (Lipinski definition) is 0. The smallest absolute Gasteiger partial charge is 0.227 e. The van der Waals surface area contributed by atoms with Gasteiger partial charge in [-0.1, -0.05) is 44.2 Å². The Morgan fingerprint density at radius 3 is 2.37 bits per heavy atom. The summed E-state index contributed by atoms with van der Waals surface area (Å²) in [5.74, 6) is 0.796. The Morgan fingerprint density at radius 1 is 1.07 bits per heavy atom. The van der Waals surface area contributed by atoms with Crippen molar-refractivity contribution in [3.05, 3.63) is 52.7 Å². The van der Waals surface area contributed by atoms with Crippen molar-refractivity contribution < 1.29 is 4.79 Å². The van der Waals surface area contributed by atoms with Gasteiger partial charge in [-0.15, -0.1) is 5.10 Å². The molecule has 0 unspecified atom stereocenters. The second kappa shape index (κ2) is 8.63. The van der Waals surface area contributed by atoms with Crippen molar-refractivity contribution in [3.8, 4) is 6.07 Å². The molecule has 3 rings (SSSR count). The number of aryl methyl sites for hydroxylation is 1. The number of hydrogen-bond acceptors (Lipinski definition) is 5. The number of anilines is 1. The van der Waals surface area contributed by atoms with E-state index in [0.717, 1.165) is 29.7 Å². The summed E-state index contributed by atoms with van der Waals surface area (Å²) < 4.78 is 0. The molecule has 1 saturated heterocycles. The van der Waals surface area contributed by atoms with E-state index in [2.05, 4.69) is 21.2 Å². The van der Waals surface area contributed by atoms with Gasteiger partial charge >= 0.3 is 0 Å². The monoisotopic (exact) mass is 363 g/mol. The van der Waals surface area contributed by atoms with Crippen LogP contribution in [0.25, 0.3) is 0 Å². The maximum Gasteiger partial charge on any atom is 0.227 e. The first kappa shape index (κ1) is 18.8. The van der Waals surface area contributed by atoms with Crippen LogP contribution in [-0.2, 0) is 24.1 Å². The molecule has 0 N–H and O–H groups in total. The standard InChI is InChI=1S/C21H25N5O/c1-3-17-18(15-22)21(24-23-19(17)4-2)26-12-10-25(11-13-26)20(27)14-16-8-6-5-7-9-16/h5-9H,3-4,10-14H2,1-2H3. The summed E-state index contributed by atoms with van der Waals surface area (Å²) >= 11 is 0. The number of aromatic nitrogens is 2. The summed E-state index contributed by atoms with van der Waals surface area (Å²) in [6.45, 7) is 6.67. The summed E-state index contributed by atoms with van der Waals surface area (Å²) in [4.78, 5) is 16.5. The lowest BCUT2D eigenvalue weighted by molar-refractivity contribution is -0.130. The minimum atomic E-state index is 0.142. The highest BCUT2D eigenvalue weighted by molar-refractivity contribution is 5.79. The van der Waals surface area contributed by atoms with E-state index in [-0.39, 0.29) is 5.91 Å². The molecule has 140 valence electrons. The highest BCUT2D eigenvalue weighted by Gasteiger charge is 2.25. The quantitative estimate of drug-likeness (QED) is 0.815. The number of nitrogens with zero attached hydrogens (tertiary/aromatic N) is 5.